The molecule has 0 aliphatic carbocycles. The Morgan fingerprint density at radius 3 is 2.54 bits per heavy atom. The van der Waals surface area contributed by atoms with Gasteiger partial charge in [0.05, 0.1) is 20.2 Å². The molecule has 2 amide bonds. The van der Waals surface area contributed by atoms with Gasteiger partial charge in [-0.25, -0.2) is 0 Å². The third kappa shape index (κ3) is 5.40. The molecular formula is C16H20N4O4. The Morgan fingerprint density at radius 2 is 1.92 bits per heavy atom. The second kappa shape index (κ2) is 8.11. The lowest BCUT2D eigenvalue weighted by Gasteiger charge is -2.15. The van der Waals surface area contributed by atoms with Gasteiger partial charge in [0.1, 0.15) is 11.5 Å². The predicted molar refractivity (Wildman–Crippen MR) is 89.0 cm³/mol. The normalized spacial score (nSPS) is 10.5. The molecule has 8 nitrogen and oxygen atoms in total. The maximum atomic E-state index is 12.0. The van der Waals surface area contributed by atoms with Gasteiger partial charge in [-0.15, -0.1) is 0 Å². The smallest absolute Gasteiger partial charge is 0.239 e. The number of carbonyl (C=O) groups excluding carboxylic acids is 2. The van der Waals surface area contributed by atoms with Gasteiger partial charge in [0.15, 0.2) is 5.82 Å². The highest BCUT2D eigenvalue weighted by Crippen LogP contribution is 2.16. The largest absolute Gasteiger partial charge is 0.497 e. The van der Waals surface area contributed by atoms with Crippen molar-refractivity contribution in [1.82, 2.24) is 10.1 Å². The van der Waals surface area contributed by atoms with Gasteiger partial charge in [0.2, 0.25) is 11.8 Å². The maximum absolute atomic E-state index is 12.0. The standard InChI is InChI=1S/C16H20N4O4/c1-11-7-14(19-24-11)18-16(22)10-20(2)9-15(21)17-12-5-4-6-13(8-12)23-3/h4-8H,9-10H2,1-3H3,(H,17,21)(H,18,19,22). The molecule has 128 valence electrons. The van der Waals surface area contributed by atoms with Crippen molar-refractivity contribution in [3.05, 3.63) is 36.1 Å². The lowest BCUT2D eigenvalue weighted by molar-refractivity contribution is -0.119. The number of ether oxygens (including phenoxy) is 1. The van der Waals surface area contributed by atoms with Crippen molar-refractivity contribution in [2.45, 2.75) is 6.92 Å². The maximum Gasteiger partial charge on any atom is 0.239 e. The van der Waals surface area contributed by atoms with Gasteiger partial charge in [-0.2, -0.15) is 0 Å². The number of hydrogen-bond donors (Lipinski definition) is 2. The number of amides is 2. The Morgan fingerprint density at radius 1 is 1.21 bits per heavy atom. The van der Waals surface area contributed by atoms with Crippen molar-refractivity contribution < 1.29 is 18.8 Å². The van der Waals surface area contributed by atoms with Gasteiger partial charge in [-0.05, 0) is 26.1 Å². The Balaban J connectivity index is 1.79. The van der Waals surface area contributed by atoms with Crippen molar-refractivity contribution >= 4 is 23.3 Å². The molecule has 0 fully saturated rings. The van der Waals surface area contributed by atoms with Crippen LogP contribution >= 0.6 is 0 Å². The number of hydrogen-bond acceptors (Lipinski definition) is 6. The first-order chi connectivity index (χ1) is 11.5. The monoisotopic (exact) mass is 332 g/mol. The summed E-state index contributed by atoms with van der Waals surface area (Å²) >= 11 is 0. The minimum Gasteiger partial charge on any atom is -0.497 e. The first-order valence-corrected chi connectivity index (χ1v) is 7.32. The highest BCUT2D eigenvalue weighted by molar-refractivity contribution is 5.94. The summed E-state index contributed by atoms with van der Waals surface area (Å²) in [7, 11) is 3.24. The van der Waals surface area contributed by atoms with Gasteiger partial charge >= 0.3 is 0 Å². The molecule has 0 unspecified atom stereocenters. The van der Waals surface area contributed by atoms with Gasteiger partial charge in [-0.1, -0.05) is 11.2 Å². The van der Waals surface area contributed by atoms with E-state index in [9.17, 15) is 9.59 Å². The molecule has 0 saturated carbocycles. The zero-order chi connectivity index (χ0) is 17.5. The van der Waals surface area contributed by atoms with Crippen molar-refractivity contribution in [2.24, 2.45) is 0 Å². The molecular weight excluding hydrogens is 312 g/mol. The van der Waals surface area contributed by atoms with E-state index in [1.165, 1.54) is 0 Å². The quantitative estimate of drug-likeness (QED) is 0.797. The number of anilines is 2. The Kier molecular flexibility index (Phi) is 5.91. The molecule has 0 radical (unpaired) electrons. The fourth-order valence-corrected chi connectivity index (χ4v) is 2.06. The molecule has 2 aromatic rings. The molecule has 0 spiro atoms. The lowest BCUT2D eigenvalue weighted by atomic mass is 10.3. The van der Waals surface area contributed by atoms with Crippen LogP contribution in [0, 0.1) is 6.92 Å². The third-order valence-corrected chi connectivity index (χ3v) is 3.08. The van der Waals surface area contributed by atoms with Crippen LogP contribution in [-0.2, 0) is 9.59 Å². The van der Waals surface area contributed by atoms with Crippen LogP contribution in [0.5, 0.6) is 5.75 Å². The molecule has 0 atom stereocenters. The van der Waals surface area contributed by atoms with Crippen LogP contribution < -0.4 is 15.4 Å². The van der Waals surface area contributed by atoms with Crippen LogP contribution in [0.15, 0.2) is 34.9 Å². The highest BCUT2D eigenvalue weighted by Gasteiger charge is 2.12. The molecule has 1 heterocycles. The molecule has 2 N–H and O–H groups in total. The van der Waals surface area contributed by atoms with Gasteiger partial charge in [-0.3, -0.25) is 14.5 Å². The van der Waals surface area contributed by atoms with Crippen LogP contribution in [0.1, 0.15) is 5.76 Å². The fourth-order valence-electron chi connectivity index (χ4n) is 2.06. The number of nitrogens with one attached hydrogen (secondary N) is 2. The summed E-state index contributed by atoms with van der Waals surface area (Å²) in [6, 6.07) is 8.67. The molecule has 1 aromatic heterocycles. The van der Waals surface area contributed by atoms with Crippen LogP contribution in [0.2, 0.25) is 0 Å². The fraction of sp³-hybridized carbons (Fsp3) is 0.312. The summed E-state index contributed by atoms with van der Waals surface area (Å²) in [5.74, 6) is 1.11. The van der Waals surface area contributed by atoms with E-state index in [0.29, 0.717) is 23.0 Å². The van der Waals surface area contributed by atoms with E-state index in [1.807, 2.05) is 0 Å². The topological polar surface area (TPSA) is 96.7 Å². The SMILES string of the molecule is COc1cccc(NC(=O)CN(C)CC(=O)Nc2cc(C)on2)c1. The number of likely N-dealkylation sites (N-methyl/N-ethyl adjacent to an activating group) is 1. The van der Waals surface area contributed by atoms with Gasteiger partial charge < -0.3 is 19.9 Å². The van der Waals surface area contributed by atoms with E-state index < -0.39 is 0 Å². The Bertz CT molecular complexity index is 714. The summed E-state index contributed by atoms with van der Waals surface area (Å²) < 4.78 is 9.97. The average Bonchev–Trinajstić information content (AvgIpc) is 2.91. The Hall–Kier alpha value is -2.87. The van der Waals surface area contributed by atoms with Gasteiger partial charge in [0.25, 0.3) is 0 Å². The van der Waals surface area contributed by atoms with Crippen LogP contribution in [0.25, 0.3) is 0 Å². The van der Waals surface area contributed by atoms with Gasteiger partial charge in [0, 0.05) is 17.8 Å². The zero-order valence-electron chi connectivity index (χ0n) is 13.8. The molecule has 0 saturated heterocycles. The first kappa shape index (κ1) is 17.5. The second-order valence-corrected chi connectivity index (χ2v) is 5.32. The molecule has 0 aliphatic heterocycles. The molecule has 0 aliphatic rings. The Labute approximate surface area is 139 Å². The van der Waals surface area contributed by atoms with Crippen molar-refractivity contribution in [3.63, 3.8) is 0 Å². The van der Waals surface area contributed by atoms with Crippen molar-refractivity contribution in [3.8, 4) is 5.75 Å². The summed E-state index contributed by atoms with van der Waals surface area (Å²) in [6.07, 6.45) is 0. The summed E-state index contributed by atoms with van der Waals surface area (Å²) in [5, 5.41) is 9.03. The van der Waals surface area contributed by atoms with E-state index in [2.05, 4.69) is 15.8 Å². The second-order valence-electron chi connectivity index (χ2n) is 5.32. The lowest BCUT2D eigenvalue weighted by Crippen LogP contribution is -2.36. The summed E-state index contributed by atoms with van der Waals surface area (Å²) in [6.45, 7) is 1.86. The number of aryl methyl sites for hydroxylation is 1. The van der Waals surface area contributed by atoms with Crippen LogP contribution in [-0.4, -0.2) is 49.1 Å². The molecule has 8 heteroatoms. The molecule has 2 rings (SSSR count). The van der Waals surface area contributed by atoms with E-state index >= 15 is 0 Å². The molecule has 24 heavy (non-hydrogen) atoms. The number of benzene rings is 1. The van der Waals surface area contributed by atoms with E-state index in [-0.39, 0.29) is 24.9 Å². The average molecular weight is 332 g/mol. The van der Waals surface area contributed by atoms with Crippen LogP contribution in [0.3, 0.4) is 0 Å². The molecule has 0 bridgehead atoms. The summed E-state index contributed by atoms with van der Waals surface area (Å²) in [5.41, 5.74) is 0.635. The minimum atomic E-state index is -0.278. The molecule has 1 aromatic carbocycles. The number of rotatable bonds is 7. The van der Waals surface area contributed by atoms with E-state index in [0.717, 1.165) is 0 Å². The van der Waals surface area contributed by atoms with Crippen molar-refractivity contribution in [1.29, 1.82) is 0 Å². The zero-order valence-corrected chi connectivity index (χ0v) is 13.8. The number of methoxy groups -OCH3 is 1. The number of nitrogens with zero attached hydrogens (tertiary/aromatic N) is 2. The minimum absolute atomic E-state index is 0.0530. The first-order valence-electron chi connectivity index (χ1n) is 7.32. The summed E-state index contributed by atoms with van der Waals surface area (Å²) in [4.78, 5) is 25.5. The van der Waals surface area contributed by atoms with Crippen LogP contribution in [0.4, 0.5) is 11.5 Å². The predicted octanol–water partition coefficient (Wildman–Crippen LogP) is 1.50. The third-order valence-electron chi connectivity index (χ3n) is 3.08. The van der Waals surface area contributed by atoms with Crippen molar-refractivity contribution in [2.75, 3.05) is 37.9 Å². The number of aromatic nitrogens is 1. The van der Waals surface area contributed by atoms with E-state index in [1.54, 1.807) is 56.3 Å². The number of carbonyl (C=O) groups is 2. The van der Waals surface area contributed by atoms with E-state index in [4.69, 9.17) is 9.26 Å². The highest BCUT2D eigenvalue weighted by atomic mass is 16.5.